The summed E-state index contributed by atoms with van der Waals surface area (Å²) in [7, 11) is 1.65. The Morgan fingerprint density at radius 3 is 2.42 bits per heavy atom. The van der Waals surface area contributed by atoms with Crippen molar-refractivity contribution >= 4 is 29.9 Å². The Morgan fingerprint density at radius 1 is 1.26 bits per heavy atom. The molecule has 0 aromatic heterocycles. The first kappa shape index (κ1) is 17.8. The molecule has 0 fully saturated rings. The quantitative estimate of drug-likeness (QED) is 0.356. The van der Waals surface area contributed by atoms with Crippen LogP contribution < -0.4 is 10.6 Å². The molecule has 0 radical (unpaired) electrons. The van der Waals surface area contributed by atoms with Crippen LogP contribution in [0.15, 0.2) is 35.8 Å². The molecule has 0 aliphatic heterocycles. The van der Waals surface area contributed by atoms with Crippen molar-refractivity contribution in [2.75, 3.05) is 20.1 Å². The minimum Gasteiger partial charge on any atom is -0.356 e. The minimum absolute atomic E-state index is 0. The molecule has 0 aliphatic carbocycles. The number of halogens is 3. The van der Waals surface area contributed by atoms with Crippen molar-refractivity contribution in [2.24, 2.45) is 4.99 Å². The maximum atomic E-state index is 12.9. The Kier molecular flexibility index (Phi) is 9.11. The molecule has 0 saturated heterocycles. The number of rotatable bonds is 5. The molecule has 0 unspecified atom stereocenters. The summed E-state index contributed by atoms with van der Waals surface area (Å²) in [4.78, 5) is 3.99. The van der Waals surface area contributed by atoms with Crippen LogP contribution >= 0.6 is 24.0 Å². The van der Waals surface area contributed by atoms with Crippen molar-refractivity contribution in [1.29, 1.82) is 0 Å². The molecular formula is C13H18F2IN3. The van der Waals surface area contributed by atoms with E-state index in [1.807, 2.05) is 0 Å². The lowest BCUT2D eigenvalue weighted by Crippen LogP contribution is -2.38. The predicted octanol–water partition coefficient (Wildman–Crippen LogP) is 2.48. The molecule has 0 saturated carbocycles. The molecule has 0 heterocycles. The number of guanidine groups is 1. The van der Waals surface area contributed by atoms with E-state index in [1.165, 1.54) is 12.1 Å². The molecule has 0 bridgehead atoms. The summed E-state index contributed by atoms with van der Waals surface area (Å²) in [6.07, 6.45) is 2.23. The standard InChI is InChI=1S/C13H17F2N3.HI/c1-3-5-17-13(16-2)18-6-4-10-7-11(14)9-12(15)8-10;/h3,7-9H,1,4-6H2,2H3,(H2,16,17,18);1H. The van der Waals surface area contributed by atoms with Crippen LogP contribution in [0.1, 0.15) is 5.56 Å². The van der Waals surface area contributed by atoms with Gasteiger partial charge in [-0.3, -0.25) is 4.99 Å². The molecule has 2 N–H and O–H groups in total. The second-order valence-corrected chi connectivity index (χ2v) is 3.70. The van der Waals surface area contributed by atoms with Crippen LogP contribution in [-0.2, 0) is 6.42 Å². The summed E-state index contributed by atoms with van der Waals surface area (Å²) >= 11 is 0. The monoisotopic (exact) mass is 381 g/mol. The van der Waals surface area contributed by atoms with Gasteiger partial charge >= 0.3 is 0 Å². The van der Waals surface area contributed by atoms with Gasteiger partial charge in [-0.15, -0.1) is 30.6 Å². The molecule has 3 nitrogen and oxygen atoms in total. The Balaban J connectivity index is 0.00000324. The van der Waals surface area contributed by atoms with E-state index in [9.17, 15) is 8.78 Å². The Hall–Kier alpha value is -1.18. The van der Waals surface area contributed by atoms with E-state index in [0.29, 0.717) is 31.0 Å². The van der Waals surface area contributed by atoms with Crippen LogP contribution in [0.4, 0.5) is 8.78 Å². The maximum absolute atomic E-state index is 12.9. The summed E-state index contributed by atoms with van der Waals surface area (Å²) in [5.74, 6) is -0.481. The first-order valence-corrected chi connectivity index (χ1v) is 5.66. The van der Waals surface area contributed by atoms with Gasteiger partial charge in [-0.1, -0.05) is 6.08 Å². The van der Waals surface area contributed by atoms with Gasteiger partial charge in [0.05, 0.1) is 0 Å². The summed E-state index contributed by atoms with van der Waals surface area (Å²) in [6, 6.07) is 3.51. The van der Waals surface area contributed by atoms with E-state index < -0.39 is 11.6 Å². The fourth-order valence-electron chi connectivity index (χ4n) is 1.47. The number of nitrogens with zero attached hydrogens (tertiary/aromatic N) is 1. The van der Waals surface area contributed by atoms with E-state index in [1.54, 1.807) is 13.1 Å². The lowest BCUT2D eigenvalue weighted by molar-refractivity contribution is 0.579. The highest BCUT2D eigenvalue weighted by Crippen LogP contribution is 2.07. The second-order valence-electron chi connectivity index (χ2n) is 3.70. The lowest BCUT2D eigenvalue weighted by Gasteiger charge is -2.10. The Labute approximate surface area is 129 Å². The van der Waals surface area contributed by atoms with E-state index in [-0.39, 0.29) is 24.0 Å². The molecular weight excluding hydrogens is 363 g/mol. The van der Waals surface area contributed by atoms with Crippen molar-refractivity contribution in [1.82, 2.24) is 10.6 Å². The summed E-state index contributed by atoms with van der Waals surface area (Å²) in [5, 5.41) is 6.04. The molecule has 106 valence electrons. The highest BCUT2D eigenvalue weighted by molar-refractivity contribution is 14.0. The van der Waals surface area contributed by atoms with E-state index >= 15 is 0 Å². The topological polar surface area (TPSA) is 36.4 Å². The molecule has 1 rings (SSSR count). The predicted molar refractivity (Wildman–Crippen MR) is 85.0 cm³/mol. The van der Waals surface area contributed by atoms with Crippen LogP contribution in [0, 0.1) is 11.6 Å². The van der Waals surface area contributed by atoms with Crippen LogP contribution in [0.3, 0.4) is 0 Å². The number of benzene rings is 1. The van der Waals surface area contributed by atoms with Crippen molar-refractivity contribution < 1.29 is 8.78 Å². The average Bonchev–Trinajstić information content (AvgIpc) is 2.32. The van der Waals surface area contributed by atoms with Gasteiger partial charge in [-0.05, 0) is 24.1 Å². The van der Waals surface area contributed by atoms with Crippen LogP contribution in [0.2, 0.25) is 0 Å². The van der Waals surface area contributed by atoms with Gasteiger partial charge in [-0.25, -0.2) is 8.78 Å². The fraction of sp³-hybridized carbons (Fsp3) is 0.308. The zero-order chi connectivity index (χ0) is 13.4. The van der Waals surface area contributed by atoms with Crippen molar-refractivity contribution in [3.05, 3.63) is 48.1 Å². The van der Waals surface area contributed by atoms with Crippen molar-refractivity contribution in [3.8, 4) is 0 Å². The zero-order valence-electron chi connectivity index (χ0n) is 10.7. The van der Waals surface area contributed by atoms with Gasteiger partial charge < -0.3 is 10.6 Å². The first-order chi connectivity index (χ1) is 8.65. The van der Waals surface area contributed by atoms with Gasteiger partial charge in [0.2, 0.25) is 0 Å². The Bertz CT molecular complexity index is 416. The first-order valence-electron chi connectivity index (χ1n) is 5.66. The van der Waals surface area contributed by atoms with E-state index in [4.69, 9.17) is 0 Å². The molecule has 0 atom stereocenters. The van der Waals surface area contributed by atoms with Gasteiger partial charge in [0, 0.05) is 26.2 Å². The minimum atomic E-state index is -0.556. The molecule has 19 heavy (non-hydrogen) atoms. The number of aliphatic imine (C=N–C) groups is 1. The number of nitrogens with one attached hydrogen (secondary N) is 2. The molecule has 1 aromatic rings. The molecule has 0 aliphatic rings. The SMILES string of the molecule is C=CCNC(=NC)NCCc1cc(F)cc(F)c1.I. The molecule has 1 aromatic carbocycles. The molecule has 0 amide bonds. The summed E-state index contributed by atoms with van der Waals surface area (Å²) < 4.78 is 25.9. The maximum Gasteiger partial charge on any atom is 0.191 e. The zero-order valence-corrected chi connectivity index (χ0v) is 13.1. The van der Waals surface area contributed by atoms with Gasteiger partial charge in [-0.2, -0.15) is 0 Å². The molecule has 6 heteroatoms. The summed E-state index contributed by atoms with van der Waals surface area (Å²) in [5.41, 5.74) is 0.610. The molecule has 0 spiro atoms. The smallest absolute Gasteiger partial charge is 0.191 e. The highest BCUT2D eigenvalue weighted by Gasteiger charge is 2.01. The lowest BCUT2D eigenvalue weighted by atomic mass is 10.1. The van der Waals surface area contributed by atoms with Crippen molar-refractivity contribution in [3.63, 3.8) is 0 Å². The average molecular weight is 381 g/mol. The van der Waals surface area contributed by atoms with E-state index in [2.05, 4.69) is 22.2 Å². The largest absolute Gasteiger partial charge is 0.356 e. The second kappa shape index (κ2) is 9.71. The number of hydrogen-bond donors (Lipinski definition) is 2. The third-order valence-corrected chi connectivity index (χ3v) is 2.27. The van der Waals surface area contributed by atoms with Crippen molar-refractivity contribution in [2.45, 2.75) is 6.42 Å². The third-order valence-electron chi connectivity index (χ3n) is 2.27. The highest BCUT2D eigenvalue weighted by atomic mass is 127. The van der Waals surface area contributed by atoms with Gasteiger partial charge in [0.25, 0.3) is 0 Å². The van der Waals surface area contributed by atoms with E-state index in [0.717, 1.165) is 6.07 Å². The Morgan fingerprint density at radius 2 is 1.89 bits per heavy atom. The number of hydrogen-bond acceptors (Lipinski definition) is 1. The van der Waals surface area contributed by atoms with Crippen LogP contribution in [0.5, 0.6) is 0 Å². The van der Waals surface area contributed by atoms with Crippen LogP contribution in [-0.4, -0.2) is 26.1 Å². The van der Waals surface area contributed by atoms with Gasteiger partial charge in [0.1, 0.15) is 11.6 Å². The normalized spacial score (nSPS) is 10.6. The fourth-order valence-corrected chi connectivity index (χ4v) is 1.47. The van der Waals surface area contributed by atoms with Gasteiger partial charge in [0.15, 0.2) is 5.96 Å². The van der Waals surface area contributed by atoms with Crippen LogP contribution in [0.25, 0.3) is 0 Å². The summed E-state index contributed by atoms with van der Waals surface area (Å²) in [6.45, 7) is 4.73. The third kappa shape index (κ3) is 7.09.